The molecular weight excluding hydrogens is 332 g/mol. The number of ether oxygens (including phenoxy) is 3. The van der Waals surface area contributed by atoms with Gasteiger partial charge in [0.25, 0.3) is 0 Å². The molecule has 0 aromatic heterocycles. The Hall–Kier alpha value is -1.88. The van der Waals surface area contributed by atoms with Crippen LogP contribution in [0.4, 0.5) is 0 Å². The van der Waals surface area contributed by atoms with Crippen molar-refractivity contribution in [2.24, 2.45) is 11.3 Å². The Morgan fingerprint density at radius 1 is 1.08 bits per heavy atom. The molecule has 1 aromatic carbocycles. The van der Waals surface area contributed by atoms with Gasteiger partial charge in [-0.25, -0.2) is 4.79 Å². The Labute approximate surface area is 156 Å². The van der Waals surface area contributed by atoms with E-state index in [9.17, 15) is 9.59 Å². The van der Waals surface area contributed by atoms with E-state index < -0.39 is 11.4 Å². The summed E-state index contributed by atoms with van der Waals surface area (Å²) in [7, 11) is 0. The summed E-state index contributed by atoms with van der Waals surface area (Å²) < 4.78 is 16.2. The first-order valence-electron chi connectivity index (χ1n) is 9.43. The smallest absolute Gasteiger partial charge is 0.340 e. The van der Waals surface area contributed by atoms with Gasteiger partial charge in [-0.15, -0.1) is 0 Å². The SMILES string of the molecule is CCC(C)(C)C(=O)Oc1ccc(C(=O)OCOC2CCC(C)CC2)cc1. The molecule has 1 saturated carbocycles. The Morgan fingerprint density at radius 2 is 1.69 bits per heavy atom. The van der Waals surface area contributed by atoms with Crippen LogP contribution in [-0.2, 0) is 14.3 Å². The van der Waals surface area contributed by atoms with Gasteiger partial charge in [0.15, 0.2) is 6.79 Å². The van der Waals surface area contributed by atoms with Gasteiger partial charge >= 0.3 is 11.9 Å². The van der Waals surface area contributed by atoms with Crippen molar-refractivity contribution in [1.29, 1.82) is 0 Å². The maximum absolute atomic E-state index is 12.1. The summed E-state index contributed by atoms with van der Waals surface area (Å²) in [5.74, 6) is 0.444. The predicted molar refractivity (Wildman–Crippen MR) is 98.9 cm³/mol. The lowest BCUT2D eigenvalue weighted by Crippen LogP contribution is -2.28. The Kier molecular flexibility index (Phi) is 7.21. The van der Waals surface area contributed by atoms with Crippen molar-refractivity contribution >= 4 is 11.9 Å². The fourth-order valence-corrected chi connectivity index (χ4v) is 2.71. The van der Waals surface area contributed by atoms with Crippen molar-refractivity contribution in [2.45, 2.75) is 65.9 Å². The summed E-state index contributed by atoms with van der Waals surface area (Å²) in [5, 5.41) is 0. The zero-order chi connectivity index (χ0) is 19.2. The molecule has 0 bridgehead atoms. The van der Waals surface area contributed by atoms with Crippen molar-refractivity contribution in [3.8, 4) is 5.75 Å². The standard InChI is InChI=1S/C21H30O5/c1-5-21(3,4)20(23)26-18-12-8-16(9-13-18)19(22)25-14-24-17-10-6-15(2)7-11-17/h8-9,12-13,15,17H,5-7,10-11,14H2,1-4H3. The summed E-state index contributed by atoms with van der Waals surface area (Å²) in [6, 6.07) is 6.38. The second-order valence-electron chi connectivity index (χ2n) is 7.75. The topological polar surface area (TPSA) is 61.8 Å². The monoisotopic (exact) mass is 362 g/mol. The first-order valence-corrected chi connectivity index (χ1v) is 9.43. The van der Waals surface area contributed by atoms with Gasteiger partial charge < -0.3 is 14.2 Å². The number of esters is 2. The fraction of sp³-hybridized carbons (Fsp3) is 0.619. The summed E-state index contributed by atoms with van der Waals surface area (Å²) in [6.45, 7) is 7.85. The highest BCUT2D eigenvalue weighted by Crippen LogP contribution is 2.26. The van der Waals surface area contributed by atoms with Crippen LogP contribution in [0.25, 0.3) is 0 Å². The van der Waals surface area contributed by atoms with E-state index in [2.05, 4.69) is 6.92 Å². The molecule has 0 spiro atoms. The lowest BCUT2D eigenvalue weighted by Gasteiger charge is -2.25. The summed E-state index contributed by atoms with van der Waals surface area (Å²) in [5.41, 5.74) is -0.133. The molecule has 0 amide bonds. The number of hydrogen-bond acceptors (Lipinski definition) is 5. The van der Waals surface area contributed by atoms with Crippen LogP contribution in [0.2, 0.25) is 0 Å². The quantitative estimate of drug-likeness (QED) is 0.398. The van der Waals surface area contributed by atoms with E-state index in [1.165, 1.54) is 0 Å². The van der Waals surface area contributed by atoms with Crippen LogP contribution in [0.3, 0.4) is 0 Å². The molecule has 1 aliphatic carbocycles. The zero-order valence-corrected chi connectivity index (χ0v) is 16.2. The van der Waals surface area contributed by atoms with Crippen LogP contribution in [0.1, 0.15) is 70.2 Å². The van der Waals surface area contributed by atoms with Gasteiger partial charge in [0.2, 0.25) is 0 Å². The minimum absolute atomic E-state index is 0.0285. The molecule has 1 aromatic rings. The van der Waals surface area contributed by atoms with Crippen molar-refractivity contribution in [2.75, 3.05) is 6.79 Å². The molecule has 0 radical (unpaired) electrons. The highest BCUT2D eigenvalue weighted by molar-refractivity contribution is 5.89. The highest BCUT2D eigenvalue weighted by Gasteiger charge is 2.27. The molecule has 1 aliphatic rings. The number of benzene rings is 1. The average molecular weight is 362 g/mol. The number of carbonyl (C=O) groups excluding carboxylic acids is 2. The van der Waals surface area contributed by atoms with Gasteiger partial charge in [-0.05, 0) is 76.1 Å². The molecule has 0 N–H and O–H groups in total. The molecule has 2 rings (SSSR count). The second-order valence-corrected chi connectivity index (χ2v) is 7.75. The third kappa shape index (κ3) is 5.84. The van der Waals surface area contributed by atoms with Gasteiger partial charge in [-0.2, -0.15) is 0 Å². The lowest BCUT2D eigenvalue weighted by molar-refractivity contribution is -0.144. The summed E-state index contributed by atoms with van der Waals surface area (Å²) in [4.78, 5) is 24.1. The van der Waals surface area contributed by atoms with E-state index in [0.717, 1.165) is 31.6 Å². The highest BCUT2D eigenvalue weighted by atomic mass is 16.7. The molecule has 5 nitrogen and oxygen atoms in total. The van der Waals surface area contributed by atoms with Crippen LogP contribution in [0.5, 0.6) is 5.75 Å². The van der Waals surface area contributed by atoms with Crippen LogP contribution in [-0.4, -0.2) is 24.8 Å². The Morgan fingerprint density at radius 3 is 2.27 bits per heavy atom. The fourth-order valence-electron chi connectivity index (χ4n) is 2.71. The van der Waals surface area contributed by atoms with E-state index in [-0.39, 0.29) is 18.9 Å². The van der Waals surface area contributed by atoms with Crippen LogP contribution in [0.15, 0.2) is 24.3 Å². The third-order valence-corrected chi connectivity index (χ3v) is 5.19. The van der Waals surface area contributed by atoms with Crippen LogP contribution >= 0.6 is 0 Å². The molecule has 0 unspecified atom stereocenters. The van der Waals surface area contributed by atoms with E-state index in [4.69, 9.17) is 14.2 Å². The number of rotatable bonds is 7. The average Bonchev–Trinajstić information content (AvgIpc) is 2.63. The molecular formula is C21H30O5. The van der Waals surface area contributed by atoms with E-state index in [1.807, 2.05) is 20.8 Å². The molecule has 5 heteroatoms. The molecule has 26 heavy (non-hydrogen) atoms. The van der Waals surface area contributed by atoms with Crippen molar-refractivity contribution in [1.82, 2.24) is 0 Å². The van der Waals surface area contributed by atoms with Crippen LogP contribution in [0, 0.1) is 11.3 Å². The van der Waals surface area contributed by atoms with Gasteiger partial charge in [-0.3, -0.25) is 4.79 Å². The predicted octanol–water partition coefficient (Wildman–Crippen LogP) is 4.74. The molecule has 0 atom stereocenters. The van der Waals surface area contributed by atoms with Crippen molar-refractivity contribution < 1.29 is 23.8 Å². The van der Waals surface area contributed by atoms with Gasteiger partial charge in [-0.1, -0.05) is 13.8 Å². The Bertz CT molecular complexity index is 597. The molecule has 1 fully saturated rings. The number of carbonyl (C=O) groups is 2. The van der Waals surface area contributed by atoms with Gasteiger partial charge in [0.05, 0.1) is 17.1 Å². The number of hydrogen-bond donors (Lipinski definition) is 0. The lowest BCUT2D eigenvalue weighted by atomic mass is 9.89. The minimum Gasteiger partial charge on any atom is -0.435 e. The van der Waals surface area contributed by atoms with Gasteiger partial charge in [0.1, 0.15) is 5.75 Å². The van der Waals surface area contributed by atoms with E-state index in [0.29, 0.717) is 17.7 Å². The molecule has 0 heterocycles. The maximum atomic E-state index is 12.1. The third-order valence-electron chi connectivity index (χ3n) is 5.19. The molecule has 0 saturated heterocycles. The maximum Gasteiger partial charge on any atom is 0.340 e. The van der Waals surface area contributed by atoms with Crippen molar-refractivity contribution in [3.63, 3.8) is 0 Å². The van der Waals surface area contributed by atoms with E-state index >= 15 is 0 Å². The largest absolute Gasteiger partial charge is 0.435 e. The molecule has 0 aliphatic heterocycles. The van der Waals surface area contributed by atoms with Crippen molar-refractivity contribution in [3.05, 3.63) is 29.8 Å². The zero-order valence-electron chi connectivity index (χ0n) is 16.2. The first-order chi connectivity index (χ1) is 12.3. The summed E-state index contributed by atoms with van der Waals surface area (Å²) >= 11 is 0. The molecule has 144 valence electrons. The summed E-state index contributed by atoms with van der Waals surface area (Å²) in [6.07, 6.45) is 5.24. The van der Waals surface area contributed by atoms with Crippen LogP contribution < -0.4 is 4.74 Å². The normalized spacial score (nSPS) is 20.5. The first kappa shape index (κ1) is 20.4. The van der Waals surface area contributed by atoms with Gasteiger partial charge in [0, 0.05) is 0 Å². The van der Waals surface area contributed by atoms with E-state index in [1.54, 1.807) is 24.3 Å². The minimum atomic E-state index is -0.536. The Balaban J connectivity index is 1.78. The second kappa shape index (κ2) is 9.17.